The number of carbonyl (C=O) groups is 1. The number of sulfonamides is 1. The molecule has 2 aromatic carbocycles. The number of hydrogen-bond acceptors (Lipinski definition) is 5. The zero-order valence-corrected chi connectivity index (χ0v) is 15.5. The first-order chi connectivity index (χ1) is 12.4. The lowest BCUT2D eigenvalue weighted by molar-refractivity contribution is -0.120. The van der Waals surface area contributed by atoms with Gasteiger partial charge in [-0.3, -0.25) is 4.79 Å². The second-order valence-electron chi connectivity index (χ2n) is 5.53. The monoisotopic (exact) mass is 378 g/mol. The number of rotatable bonds is 9. The molecule has 140 valence electrons. The SMILES string of the molecule is COc1ccc(CNC(=O)CNS(=O)(=O)Cc2ccccc2)cc1OC. The summed E-state index contributed by atoms with van der Waals surface area (Å²) in [5.41, 5.74) is 1.47. The summed E-state index contributed by atoms with van der Waals surface area (Å²) in [6.07, 6.45) is 0. The molecule has 26 heavy (non-hydrogen) atoms. The van der Waals surface area contributed by atoms with E-state index < -0.39 is 15.9 Å². The molecule has 0 heterocycles. The fraction of sp³-hybridized carbons (Fsp3) is 0.278. The molecule has 0 bridgehead atoms. The van der Waals surface area contributed by atoms with Crippen LogP contribution >= 0.6 is 0 Å². The Kier molecular flexibility index (Phi) is 6.99. The molecule has 0 atom stereocenters. The van der Waals surface area contributed by atoms with Gasteiger partial charge in [0.05, 0.1) is 26.5 Å². The molecule has 0 saturated carbocycles. The van der Waals surface area contributed by atoms with Gasteiger partial charge >= 0.3 is 0 Å². The molecule has 0 saturated heterocycles. The molecule has 0 aliphatic rings. The van der Waals surface area contributed by atoms with Crippen LogP contribution in [0, 0.1) is 0 Å². The quantitative estimate of drug-likeness (QED) is 0.689. The minimum absolute atomic E-state index is 0.170. The molecular formula is C18H22N2O5S. The summed E-state index contributed by atoms with van der Waals surface area (Å²) >= 11 is 0. The lowest BCUT2D eigenvalue weighted by atomic mass is 10.2. The highest BCUT2D eigenvalue weighted by molar-refractivity contribution is 7.88. The Balaban J connectivity index is 1.83. The first-order valence-electron chi connectivity index (χ1n) is 7.92. The molecule has 2 rings (SSSR count). The smallest absolute Gasteiger partial charge is 0.235 e. The van der Waals surface area contributed by atoms with E-state index in [2.05, 4.69) is 10.0 Å². The van der Waals surface area contributed by atoms with Gasteiger partial charge in [0.25, 0.3) is 0 Å². The fourth-order valence-corrected chi connectivity index (χ4v) is 3.36. The van der Waals surface area contributed by atoms with Crippen molar-refractivity contribution in [2.45, 2.75) is 12.3 Å². The molecule has 0 aromatic heterocycles. The van der Waals surface area contributed by atoms with Gasteiger partial charge in [0.1, 0.15) is 0 Å². The normalized spacial score (nSPS) is 11.0. The molecule has 0 spiro atoms. The van der Waals surface area contributed by atoms with Crippen molar-refractivity contribution in [1.29, 1.82) is 0 Å². The van der Waals surface area contributed by atoms with Gasteiger partial charge in [-0.15, -0.1) is 0 Å². The van der Waals surface area contributed by atoms with E-state index in [0.717, 1.165) is 5.56 Å². The number of carbonyl (C=O) groups excluding carboxylic acids is 1. The molecule has 0 unspecified atom stereocenters. The van der Waals surface area contributed by atoms with Gasteiger partial charge in [-0.1, -0.05) is 36.4 Å². The Labute approximate surface area is 153 Å². The Morgan fingerprint density at radius 3 is 2.31 bits per heavy atom. The van der Waals surface area contributed by atoms with Crippen LogP contribution in [0.2, 0.25) is 0 Å². The Bertz CT molecular complexity index is 838. The molecule has 0 aliphatic carbocycles. The second kappa shape index (κ2) is 9.21. The van der Waals surface area contributed by atoms with Crippen LogP contribution in [0.5, 0.6) is 11.5 Å². The zero-order valence-electron chi connectivity index (χ0n) is 14.7. The molecule has 2 aromatic rings. The average Bonchev–Trinajstić information content (AvgIpc) is 2.65. The molecule has 2 N–H and O–H groups in total. The highest BCUT2D eigenvalue weighted by Gasteiger charge is 2.13. The standard InChI is InChI=1S/C18H22N2O5S/c1-24-16-9-8-15(10-17(16)25-2)11-19-18(21)12-20-26(22,23)13-14-6-4-3-5-7-14/h3-10,20H,11-13H2,1-2H3,(H,19,21). The van der Waals surface area contributed by atoms with E-state index in [1.807, 2.05) is 6.07 Å². The molecule has 1 amide bonds. The number of ether oxygens (including phenoxy) is 2. The van der Waals surface area contributed by atoms with Gasteiger partial charge in [0.15, 0.2) is 11.5 Å². The average molecular weight is 378 g/mol. The van der Waals surface area contributed by atoms with Crippen molar-refractivity contribution >= 4 is 15.9 Å². The number of amides is 1. The highest BCUT2D eigenvalue weighted by Crippen LogP contribution is 2.27. The third-order valence-corrected chi connectivity index (χ3v) is 4.89. The first-order valence-corrected chi connectivity index (χ1v) is 9.57. The van der Waals surface area contributed by atoms with Crippen molar-refractivity contribution in [2.24, 2.45) is 0 Å². The maximum absolute atomic E-state index is 12.0. The van der Waals surface area contributed by atoms with Gasteiger partial charge in [-0.25, -0.2) is 13.1 Å². The van der Waals surface area contributed by atoms with Gasteiger partial charge < -0.3 is 14.8 Å². The summed E-state index contributed by atoms with van der Waals surface area (Å²) in [7, 11) is -0.508. The number of benzene rings is 2. The second-order valence-corrected chi connectivity index (χ2v) is 7.34. The van der Waals surface area contributed by atoms with Crippen LogP contribution in [0.3, 0.4) is 0 Å². The van der Waals surface area contributed by atoms with Crippen molar-refractivity contribution in [3.8, 4) is 11.5 Å². The molecule has 0 fully saturated rings. The Morgan fingerprint density at radius 2 is 1.65 bits per heavy atom. The Morgan fingerprint density at radius 1 is 0.962 bits per heavy atom. The van der Waals surface area contributed by atoms with Crippen LogP contribution in [-0.2, 0) is 27.1 Å². The van der Waals surface area contributed by atoms with E-state index in [0.29, 0.717) is 17.1 Å². The fourth-order valence-electron chi connectivity index (χ4n) is 2.27. The van der Waals surface area contributed by atoms with Crippen LogP contribution in [0.1, 0.15) is 11.1 Å². The molecule has 8 heteroatoms. The summed E-state index contributed by atoms with van der Waals surface area (Å²) in [6.45, 7) is -0.0674. The first kappa shape index (κ1) is 19.7. The summed E-state index contributed by atoms with van der Waals surface area (Å²) < 4.78 is 36.7. The van der Waals surface area contributed by atoms with Gasteiger partial charge in [0.2, 0.25) is 15.9 Å². The van der Waals surface area contributed by atoms with Gasteiger partial charge in [0, 0.05) is 6.54 Å². The van der Waals surface area contributed by atoms with E-state index >= 15 is 0 Å². The minimum Gasteiger partial charge on any atom is -0.493 e. The van der Waals surface area contributed by atoms with E-state index in [9.17, 15) is 13.2 Å². The predicted octanol–water partition coefficient (Wildman–Crippen LogP) is 1.44. The highest BCUT2D eigenvalue weighted by atomic mass is 32.2. The predicted molar refractivity (Wildman–Crippen MR) is 98.5 cm³/mol. The summed E-state index contributed by atoms with van der Waals surface area (Å²) in [6, 6.07) is 14.1. The number of nitrogens with one attached hydrogen (secondary N) is 2. The lowest BCUT2D eigenvalue weighted by Gasteiger charge is -2.11. The maximum Gasteiger partial charge on any atom is 0.235 e. The number of methoxy groups -OCH3 is 2. The van der Waals surface area contributed by atoms with Crippen molar-refractivity contribution < 1.29 is 22.7 Å². The molecular weight excluding hydrogens is 356 g/mol. The van der Waals surface area contributed by atoms with Crippen molar-refractivity contribution in [3.63, 3.8) is 0 Å². The largest absolute Gasteiger partial charge is 0.493 e. The van der Waals surface area contributed by atoms with Gasteiger partial charge in [-0.05, 0) is 23.3 Å². The van der Waals surface area contributed by atoms with Crippen LogP contribution in [0.4, 0.5) is 0 Å². The van der Waals surface area contributed by atoms with E-state index in [1.54, 1.807) is 49.6 Å². The van der Waals surface area contributed by atoms with E-state index in [1.165, 1.54) is 7.11 Å². The van der Waals surface area contributed by atoms with Crippen molar-refractivity contribution in [2.75, 3.05) is 20.8 Å². The van der Waals surface area contributed by atoms with Crippen LogP contribution in [0.25, 0.3) is 0 Å². The summed E-state index contributed by atoms with van der Waals surface area (Å²) in [5, 5.41) is 2.66. The van der Waals surface area contributed by atoms with Crippen molar-refractivity contribution in [1.82, 2.24) is 10.0 Å². The van der Waals surface area contributed by atoms with Crippen LogP contribution in [0.15, 0.2) is 48.5 Å². The summed E-state index contributed by atoms with van der Waals surface area (Å²) in [4.78, 5) is 11.9. The maximum atomic E-state index is 12.0. The third kappa shape index (κ3) is 6.05. The third-order valence-electron chi connectivity index (χ3n) is 3.59. The molecule has 7 nitrogen and oxygen atoms in total. The lowest BCUT2D eigenvalue weighted by Crippen LogP contribution is -2.37. The topological polar surface area (TPSA) is 93.7 Å². The van der Waals surface area contributed by atoms with Gasteiger partial charge in [-0.2, -0.15) is 0 Å². The Hall–Kier alpha value is -2.58. The number of hydrogen-bond donors (Lipinski definition) is 2. The summed E-state index contributed by atoms with van der Waals surface area (Å²) in [5.74, 6) is 0.562. The zero-order chi connectivity index (χ0) is 19.0. The van der Waals surface area contributed by atoms with Crippen molar-refractivity contribution in [3.05, 3.63) is 59.7 Å². The van der Waals surface area contributed by atoms with Crippen LogP contribution < -0.4 is 19.5 Å². The van der Waals surface area contributed by atoms with Crippen LogP contribution in [-0.4, -0.2) is 35.1 Å². The van der Waals surface area contributed by atoms with E-state index in [4.69, 9.17) is 9.47 Å². The minimum atomic E-state index is -3.58. The molecule has 0 aliphatic heterocycles. The molecule has 0 radical (unpaired) electrons. The van der Waals surface area contributed by atoms with E-state index in [-0.39, 0.29) is 18.8 Å².